The first-order chi connectivity index (χ1) is 10.1. The maximum absolute atomic E-state index is 12.4. The summed E-state index contributed by atoms with van der Waals surface area (Å²) in [5.74, 6) is -0.519. The molecule has 1 aliphatic rings. The van der Waals surface area contributed by atoms with Crippen LogP contribution in [0.1, 0.15) is 38.8 Å². The van der Waals surface area contributed by atoms with E-state index in [1.54, 1.807) is 18.2 Å². The van der Waals surface area contributed by atoms with Crippen LogP contribution in [0.2, 0.25) is 0 Å². The normalized spacial score (nSPS) is 13.7. The minimum Gasteiger partial charge on any atom is -0.399 e. The second kappa shape index (κ2) is 5.05. The first-order valence-electron chi connectivity index (χ1n) is 6.94. The summed E-state index contributed by atoms with van der Waals surface area (Å²) in [6.45, 7) is 2.36. The van der Waals surface area contributed by atoms with Gasteiger partial charge in [-0.15, -0.1) is 0 Å². The van der Waals surface area contributed by atoms with Crippen molar-refractivity contribution in [2.24, 2.45) is 0 Å². The van der Waals surface area contributed by atoms with Crippen molar-refractivity contribution in [1.29, 1.82) is 0 Å². The second-order valence-electron chi connectivity index (χ2n) is 5.12. The van der Waals surface area contributed by atoms with Crippen molar-refractivity contribution in [3.05, 3.63) is 64.7 Å². The lowest BCUT2D eigenvalue weighted by atomic mass is 10.1. The third-order valence-electron chi connectivity index (χ3n) is 3.82. The highest BCUT2D eigenvalue weighted by Crippen LogP contribution is 2.27. The average Bonchev–Trinajstić information content (AvgIpc) is 2.72. The van der Waals surface area contributed by atoms with Gasteiger partial charge in [0.2, 0.25) is 0 Å². The number of nitrogens with zero attached hydrogens (tertiary/aromatic N) is 1. The van der Waals surface area contributed by atoms with Gasteiger partial charge in [-0.25, -0.2) is 0 Å². The number of aryl methyl sites for hydroxylation is 1. The molecule has 0 saturated carbocycles. The molecule has 3 rings (SSSR count). The largest absolute Gasteiger partial charge is 0.399 e. The highest BCUT2D eigenvalue weighted by atomic mass is 16.2. The summed E-state index contributed by atoms with van der Waals surface area (Å²) >= 11 is 0. The smallest absolute Gasteiger partial charge is 0.261 e. The Labute approximate surface area is 123 Å². The van der Waals surface area contributed by atoms with Crippen molar-refractivity contribution < 1.29 is 9.59 Å². The van der Waals surface area contributed by atoms with Crippen LogP contribution in [-0.4, -0.2) is 16.7 Å². The Morgan fingerprint density at radius 3 is 2.33 bits per heavy atom. The molecule has 106 valence electrons. The fourth-order valence-electron chi connectivity index (χ4n) is 2.68. The van der Waals surface area contributed by atoms with Gasteiger partial charge in [-0.2, -0.15) is 0 Å². The number of hydrogen-bond donors (Lipinski definition) is 1. The Hall–Kier alpha value is -2.62. The van der Waals surface area contributed by atoms with Gasteiger partial charge in [0.25, 0.3) is 11.8 Å². The number of imide groups is 1. The lowest BCUT2D eigenvalue weighted by molar-refractivity contribution is 0.0642. The van der Waals surface area contributed by atoms with Crippen molar-refractivity contribution in [1.82, 2.24) is 4.90 Å². The maximum Gasteiger partial charge on any atom is 0.261 e. The Kier molecular flexibility index (Phi) is 3.22. The van der Waals surface area contributed by atoms with Crippen LogP contribution in [0.4, 0.5) is 5.69 Å². The number of nitrogen functional groups attached to an aromatic ring is 1. The lowest BCUT2D eigenvalue weighted by Gasteiger charge is -2.16. The number of rotatable bonds is 3. The molecule has 2 amide bonds. The molecule has 0 aliphatic carbocycles. The molecule has 0 atom stereocenters. The van der Waals surface area contributed by atoms with Crippen molar-refractivity contribution in [2.45, 2.75) is 19.9 Å². The molecule has 2 aromatic carbocycles. The van der Waals surface area contributed by atoms with Crippen molar-refractivity contribution in [3.63, 3.8) is 0 Å². The summed E-state index contributed by atoms with van der Waals surface area (Å²) in [7, 11) is 0. The van der Waals surface area contributed by atoms with E-state index in [0.29, 0.717) is 23.4 Å². The first kappa shape index (κ1) is 13.4. The predicted octanol–water partition coefficient (Wildman–Crippen LogP) is 2.63. The monoisotopic (exact) mass is 280 g/mol. The number of nitrogens with two attached hydrogens (primary N) is 1. The summed E-state index contributed by atoms with van der Waals surface area (Å²) in [5.41, 5.74) is 9.17. The number of carbonyl (C=O) groups excluding carboxylic acids is 2. The van der Waals surface area contributed by atoms with Crippen LogP contribution in [0.5, 0.6) is 0 Å². The minimum atomic E-state index is -0.270. The van der Waals surface area contributed by atoms with Crippen LogP contribution < -0.4 is 5.73 Å². The third-order valence-corrected chi connectivity index (χ3v) is 3.82. The molecule has 1 aliphatic heterocycles. The molecule has 21 heavy (non-hydrogen) atoms. The van der Waals surface area contributed by atoms with E-state index < -0.39 is 0 Å². The van der Waals surface area contributed by atoms with E-state index in [1.165, 1.54) is 4.90 Å². The molecule has 0 saturated heterocycles. The summed E-state index contributed by atoms with van der Waals surface area (Å²) in [6, 6.07) is 12.7. The topological polar surface area (TPSA) is 63.4 Å². The second-order valence-corrected chi connectivity index (χ2v) is 5.12. The predicted molar refractivity (Wildman–Crippen MR) is 80.9 cm³/mol. The van der Waals surface area contributed by atoms with Crippen LogP contribution in [0.3, 0.4) is 0 Å². The van der Waals surface area contributed by atoms with Gasteiger partial charge in [-0.05, 0) is 35.7 Å². The molecule has 0 radical (unpaired) electrons. The molecular formula is C17H16N2O2. The third kappa shape index (κ3) is 2.18. The van der Waals surface area contributed by atoms with Crippen molar-refractivity contribution in [2.75, 3.05) is 5.73 Å². The number of amides is 2. The van der Waals surface area contributed by atoms with Gasteiger partial charge >= 0.3 is 0 Å². The molecule has 4 nitrogen and oxygen atoms in total. The molecule has 0 unspecified atom stereocenters. The summed E-state index contributed by atoms with van der Waals surface area (Å²) in [4.78, 5) is 26.1. The molecule has 4 heteroatoms. The van der Waals surface area contributed by atoms with Gasteiger partial charge in [-0.3, -0.25) is 14.5 Å². The summed E-state index contributed by atoms with van der Waals surface area (Å²) < 4.78 is 0. The fourth-order valence-corrected chi connectivity index (χ4v) is 2.68. The molecule has 0 fully saturated rings. The number of anilines is 1. The zero-order chi connectivity index (χ0) is 15.0. The summed E-state index contributed by atoms with van der Waals surface area (Å²) in [6.07, 6.45) is 0.867. The van der Waals surface area contributed by atoms with Gasteiger partial charge < -0.3 is 5.73 Å². The van der Waals surface area contributed by atoms with Gasteiger partial charge in [0.1, 0.15) is 0 Å². The van der Waals surface area contributed by atoms with E-state index in [9.17, 15) is 9.59 Å². The molecular weight excluding hydrogens is 264 g/mol. The van der Waals surface area contributed by atoms with Crippen LogP contribution >= 0.6 is 0 Å². The van der Waals surface area contributed by atoms with E-state index >= 15 is 0 Å². The zero-order valence-corrected chi connectivity index (χ0v) is 11.8. The van der Waals surface area contributed by atoms with E-state index in [2.05, 4.69) is 6.92 Å². The van der Waals surface area contributed by atoms with E-state index in [-0.39, 0.29) is 11.8 Å². The lowest BCUT2D eigenvalue weighted by Crippen LogP contribution is -2.29. The molecule has 0 aromatic heterocycles. The fraction of sp³-hybridized carbons (Fsp3) is 0.176. The molecule has 2 aromatic rings. The van der Waals surface area contributed by atoms with Gasteiger partial charge in [0.05, 0.1) is 17.7 Å². The minimum absolute atomic E-state index is 0.249. The van der Waals surface area contributed by atoms with Gasteiger partial charge in [0.15, 0.2) is 0 Å². The standard InChI is InChI=1S/C17H16N2O2/c1-2-11-5-3-4-6-12(11)10-19-16(20)14-8-7-13(18)9-15(14)17(19)21/h3-9H,2,10,18H2,1H3. The van der Waals surface area contributed by atoms with Crippen LogP contribution in [0, 0.1) is 0 Å². The van der Waals surface area contributed by atoms with Crippen molar-refractivity contribution >= 4 is 17.5 Å². The van der Waals surface area contributed by atoms with Crippen LogP contribution in [0.15, 0.2) is 42.5 Å². The number of carbonyl (C=O) groups is 2. The quantitative estimate of drug-likeness (QED) is 0.694. The van der Waals surface area contributed by atoms with Gasteiger partial charge in [-0.1, -0.05) is 31.2 Å². The van der Waals surface area contributed by atoms with Gasteiger partial charge in [0, 0.05) is 5.69 Å². The Morgan fingerprint density at radius 2 is 1.62 bits per heavy atom. The molecule has 0 bridgehead atoms. The van der Waals surface area contributed by atoms with E-state index in [0.717, 1.165) is 17.5 Å². The van der Waals surface area contributed by atoms with E-state index in [1.807, 2.05) is 24.3 Å². The Morgan fingerprint density at radius 1 is 0.952 bits per heavy atom. The number of hydrogen-bond acceptors (Lipinski definition) is 3. The summed E-state index contributed by atoms with van der Waals surface area (Å²) in [5, 5.41) is 0. The SMILES string of the molecule is CCc1ccccc1CN1C(=O)c2ccc(N)cc2C1=O. The maximum atomic E-state index is 12.4. The molecule has 1 heterocycles. The Bertz CT molecular complexity index is 737. The molecule has 0 spiro atoms. The van der Waals surface area contributed by atoms with Crippen molar-refractivity contribution in [3.8, 4) is 0 Å². The zero-order valence-electron chi connectivity index (χ0n) is 11.8. The van der Waals surface area contributed by atoms with Crippen LogP contribution in [0.25, 0.3) is 0 Å². The number of fused-ring (bicyclic) bond motifs is 1. The van der Waals surface area contributed by atoms with Crippen LogP contribution in [-0.2, 0) is 13.0 Å². The molecule has 2 N–H and O–H groups in total. The average molecular weight is 280 g/mol. The number of benzene rings is 2. The Balaban J connectivity index is 1.95. The highest BCUT2D eigenvalue weighted by Gasteiger charge is 2.35. The first-order valence-corrected chi connectivity index (χ1v) is 6.94. The van der Waals surface area contributed by atoms with E-state index in [4.69, 9.17) is 5.73 Å². The highest BCUT2D eigenvalue weighted by molar-refractivity contribution is 6.21.